The number of aromatic nitrogens is 1. The SMILES string of the molecule is CC(=O)OC[C@H]1O[C@@H](SSc2nc3ccccc3s2)[C@H](OC(C)=O)[C@@H](OC(C)=O)[C@@H]1OC(C)=O. The zero-order valence-electron chi connectivity index (χ0n) is 18.7. The Morgan fingerprint density at radius 3 is 2.15 bits per heavy atom. The number of carbonyl (C=O) groups is 4. The fourth-order valence-corrected chi connectivity index (χ4v) is 6.93. The number of rotatable bonds is 8. The number of hydrogen-bond donors (Lipinski definition) is 0. The van der Waals surface area contributed by atoms with Crippen LogP contribution >= 0.6 is 32.9 Å². The van der Waals surface area contributed by atoms with Crippen molar-refractivity contribution in [3.63, 3.8) is 0 Å². The summed E-state index contributed by atoms with van der Waals surface area (Å²) in [5.74, 6) is -2.55. The van der Waals surface area contributed by atoms with Gasteiger partial charge >= 0.3 is 23.9 Å². The highest BCUT2D eigenvalue weighted by Gasteiger charge is 2.52. The minimum Gasteiger partial charge on any atom is -0.463 e. The van der Waals surface area contributed by atoms with E-state index in [2.05, 4.69) is 4.98 Å². The summed E-state index contributed by atoms with van der Waals surface area (Å²) in [7, 11) is 2.50. The second kappa shape index (κ2) is 11.9. The van der Waals surface area contributed by atoms with Crippen LogP contribution in [-0.4, -0.2) is 65.3 Å². The minimum atomic E-state index is -1.19. The van der Waals surface area contributed by atoms with Gasteiger partial charge < -0.3 is 23.7 Å². The fourth-order valence-electron chi connectivity index (χ4n) is 3.24. The molecule has 1 aliphatic heterocycles. The molecule has 0 unspecified atom stereocenters. The highest BCUT2D eigenvalue weighted by atomic mass is 33.1. The van der Waals surface area contributed by atoms with Gasteiger partial charge in [-0.05, 0) is 22.9 Å². The molecule has 1 aromatic carbocycles. The van der Waals surface area contributed by atoms with Crippen molar-refractivity contribution in [2.24, 2.45) is 0 Å². The van der Waals surface area contributed by atoms with Crippen molar-refractivity contribution in [3.05, 3.63) is 24.3 Å². The Balaban J connectivity index is 1.89. The number of esters is 4. The molecule has 0 spiro atoms. The Kier molecular flexibility index (Phi) is 9.17. The molecular weight excluding hydrogens is 506 g/mol. The van der Waals surface area contributed by atoms with Crippen LogP contribution in [0.5, 0.6) is 0 Å². The van der Waals surface area contributed by atoms with Gasteiger partial charge in [0.2, 0.25) is 0 Å². The quantitative estimate of drug-likeness (QED) is 0.283. The van der Waals surface area contributed by atoms with Crippen molar-refractivity contribution in [3.8, 4) is 0 Å². The molecule has 1 aliphatic rings. The van der Waals surface area contributed by atoms with Gasteiger partial charge in [0.25, 0.3) is 0 Å². The molecule has 0 aliphatic carbocycles. The number of carbonyl (C=O) groups excluding carboxylic acids is 4. The average molecular weight is 530 g/mol. The van der Waals surface area contributed by atoms with Crippen molar-refractivity contribution >= 4 is 67.0 Å². The van der Waals surface area contributed by atoms with Crippen LogP contribution in [0.4, 0.5) is 0 Å². The van der Waals surface area contributed by atoms with E-state index in [0.717, 1.165) is 14.6 Å². The summed E-state index contributed by atoms with van der Waals surface area (Å²) in [5, 5.41) is 0. The molecule has 0 saturated carbocycles. The first-order valence-electron chi connectivity index (χ1n) is 10.1. The normalized spacial score (nSPS) is 24.3. The molecule has 0 amide bonds. The number of ether oxygens (including phenoxy) is 5. The first-order chi connectivity index (χ1) is 16.1. The smallest absolute Gasteiger partial charge is 0.303 e. The predicted molar refractivity (Wildman–Crippen MR) is 125 cm³/mol. The van der Waals surface area contributed by atoms with Crippen molar-refractivity contribution < 1.29 is 42.9 Å². The molecule has 5 atom stereocenters. The molecule has 3 rings (SSSR count). The standard InChI is InChI=1S/C21H23NO9S3/c1-10(23)27-9-15-17(28-11(2)24)18(29-12(3)25)19(30-13(4)26)20(31-15)33-34-21-22-14-7-5-6-8-16(14)32-21/h5-8,15,17-20H,9H2,1-4H3/t15-,17-,18+,19-,20+/m1/s1. The van der Waals surface area contributed by atoms with Crippen molar-refractivity contribution in [1.29, 1.82) is 0 Å². The van der Waals surface area contributed by atoms with Crippen molar-refractivity contribution in [2.45, 2.75) is 61.9 Å². The number of hydrogen-bond acceptors (Lipinski definition) is 13. The third-order valence-corrected chi connectivity index (χ3v) is 8.31. The lowest BCUT2D eigenvalue weighted by Gasteiger charge is -2.43. The third-order valence-electron chi connectivity index (χ3n) is 4.44. The van der Waals surface area contributed by atoms with Gasteiger partial charge in [0.05, 0.1) is 10.2 Å². The summed E-state index contributed by atoms with van der Waals surface area (Å²) in [6.45, 7) is 4.53. The first kappa shape index (κ1) is 26.3. The molecule has 13 heteroatoms. The van der Waals surface area contributed by atoms with Gasteiger partial charge in [-0.2, -0.15) is 0 Å². The van der Waals surface area contributed by atoms with E-state index in [1.165, 1.54) is 60.6 Å². The van der Waals surface area contributed by atoms with E-state index in [9.17, 15) is 19.2 Å². The highest BCUT2D eigenvalue weighted by Crippen LogP contribution is 2.44. The van der Waals surface area contributed by atoms with E-state index in [1.807, 2.05) is 24.3 Å². The monoisotopic (exact) mass is 529 g/mol. The minimum absolute atomic E-state index is 0.263. The van der Waals surface area contributed by atoms with Crippen LogP contribution in [-0.2, 0) is 42.9 Å². The Hall–Kier alpha value is -2.35. The third kappa shape index (κ3) is 7.08. The second-order valence-corrected chi connectivity index (χ2v) is 10.8. The van der Waals surface area contributed by atoms with Crippen LogP contribution in [0.3, 0.4) is 0 Å². The van der Waals surface area contributed by atoms with Gasteiger partial charge in [-0.25, -0.2) is 4.98 Å². The van der Waals surface area contributed by atoms with Crippen LogP contribution in [0.15, 0.2) is 28.6 Å². The zero-order chi connectivity index (χ0) is 24.8. The molecular formula is C21H23NO9S3. The number of nitrogens with zero attached hydrogens (tertiary/aromatic N) is 1. The molecule has 34 heavy (non-hydrogen) atoms. The van der Waals surface area contributed by atoms with Gasteiger partial charge in [-0.15, -0.1) is 11.3 Å². The van der Waals surface area contributed by atoms with Crippen molar-refractivity contribution in [2.75, 3.05) is 6.61 Å². The number of fused-ring (bicyclic) bond motifs is 1. The lowest BCUT2D eigenvalue weighted by molar-refractivity contribution is -0.237. The summed E-state index contributed by atoms with van der Waals surface area (Å²) in [5.41, 5.74) is -0.0187. The van der Waals surface area contributed by atoms with Crippen LogP contribution in [0.2, 0.25) is 0 Å². The molecule has 10 nitrogen and oxygen atoms in total. The number of para-hydroxylation sites is 1. The highest BCUT2D eigenvalue weighted by molar-refractivity contribution is 8.77. The first-order valence-corrected chi connectivity index (χ1v) is 13.2. The van der Waals surface area contributed by atoms with Gasteiger partial charge in [0.1, 0.15) is 12.7 Å². The van der Waals surface area contributed by atoms with Gasteiger partial charge in [0.15, 0.2) is 28.1 Å². The van der Waals surface area contributed by atoms with E-state index in [1.54, 1.807) is 0 Å². The summed E-state index contributed by atoms with van der Waals surface area (Å²) >= 11 is 1.48. The molecule has 1 aromatic heterocycles. The van der Waals surface area contributed by atoms with Gasteiger partial charge in [-0.1, -0.05) is 22.9 Å². The van der Waals surface area contributed by atoms with E-state index >= 15 is 0 Å². The number of benzene rings is 1. The molecule has 184 valence electrons. The molecule has 0 radical (unpaired) electrons. The predicted octanol–water partition coefficient (Wildman–Crippen LogP) is 3.12. The Morgan fingerprint density at radius 1 is 0.912 bits per heavy atom. The number of thiazole rings is 1. The van der Waals surface area contributed by atoms with E-state index < -0.39 is 53.7 Å². The summed E-state index contributed by atoms with van der Waals surface area (Å²) in [6, 6.07) is 7.66. The summed E-state index contributed by atoms with van der Waals surface area (Å²) in [6.07, 6.45) is -4.44. The molecule has 1 fully saturated rings. The maximum Gasteiger partial charge on any atom is 0.303 e. The Labute approximate surface area is 207 Å². The zero-order valence-corrected chi connectivity index (χ0v) is 21.2. The second-order valence-electron chi connectivity index (χ2n) is 7.19. The maximum absolute atomic E-state index is 11.9. The van der Waals surface area contributed by atoms with Gasteiger partial charge in [0, 0.05) is 27.7 Å². The average Bonchev–Trinajstić information content (AvgIpc) is 3.16. The lowest BCUT2D eigenvalue weighted by atomic mass is 9.99. The van der Waals surface area contributed by atoms with E-state index in [0.29, 0.717) is 0 Å². The lowest BCUT2D eigenvalue weighted by Crippen LogP contribution is -2.61. The van der Waals surface area contributed by atoms with Crippen LogP contribution in [0.25, 0.3) is 10.2 Å². The molecule has 0 N–H and O–H groups in total. The maximum atomic E-state index is 11.9. The van der Waals surface area contributed by atoms with Crippen molar-refractivity contribution in [1.82, 2.24) is 4.98 Å². The van der Waals surface area contributed by atoms with Crippen LogP contribution in [0, 0.1) is 0 Å². The molecule has 1 saturated heterocycles. The van der Waals surface area contributed by atoms with E-state index in [4.69, 9.17) is 23.7 Å². The summed E-state index contributed by atoms with van der Waals surface area (Å²) < 4.78 is 29.2. The molecule has 0 bridgehead atoms. The summed E-state index contributed by atoms with van der Waals surface area (Å²) in [4.78, 5) is 51.5. The van der Waals surface area contributed by atoms with E-state index in [-0.39, 0.29) is 6.61 Å². The Bertz CT molecular complexity index is 1030. The molecule has 2 heterocycles. The molecule has 2 aromatic rings. The Morgan fingerprint density at radius 2 is 1.53 bits per heavy atom. The largest absolute Gasteiger partial charge is 0.463 e. The van der Waals surface area contributed by atoms with Crippen LogP contribution < -0.4 is 0 Å². The van der Waals surface area contributed by atoms with Crippen LogP contribution in [0.1, 0.15) is 27.7 Å². The topological polar surface area (TPSA) is 127 Å². The fraction of sp³-hybridized carbons (Fsp3) is 0.476. The van der Waals surface area contributed by atoms with Gasteiger partial charge in [-0.3, -0.25) is 19.2 Å².